The lowest BCUT2D eigenvalue weighted by molar-refractivity contribution is 0.00706. The van der Waals surface area contributed by atoms with Crippen LogP contribution in [0.15, 0.2) is 54.6 Å². The summed E-state index contributed by atoms with van der Waals surface area (Å²) in [6.45, 7) is 5.34. The Bertz CT molecular complexity index is 1180. The van der Waals surface area contributed by atoms with Crippen LogP contribution in [0.5, 0.6) is 0 Å². The number of hydrogen-bond acceptors (Lipinski definition) is 6. The predicted molar refractivity (Wildman–Crippen MR) is 131 cm³/mol. The Hall–Kier alpha value is -3.36. The molecule has 0 spiro atoms. The molecule has 0 aliphatic carbocycles. The number of ether oxygens (including phenoxy) is 1. The summed E-state index contributed by atoms with van der Waals surface area (Å²) in [5.74, 6) is -1.33. The Morgan fingerprint density at radius 3 is 2.30 bits per heavy atom. The van der Waals surface area contributed by atoms with Crippen LogP contribution in [0.25, 0.3) is 0 Å². The highest BCUT2D eigenvalue weighted by molar-refractivity contribution is 7.18. The lowest BCUT2D eigenvalue weighted by Gasteiger charge is -2.22. The molecule has 0 aliphatic heterocycles. The summed E-state index contributed by atoms with van der Waals surface area (Å²) in [7, 11) is 0. The van der Waals surface area contributed by atoms with Crippen LogP contribution in [0.2, 0.25) is 4.34 Å². The number of hydrogen-bond donors (Lipinski definition) is 3. The Labute approximate surface area is 200 Å². The molecule has 3 aromatic rings. The normalized spacial score (nSPS) is 11.0. The van der Waals surface area contributed by atoms with Crippen molar-refractivity contribution in [2.45, 2.75) is 32.9 Å². The molecule has 4 N–H and O–H groups in total. The number of esters is 1. The molecule has 0 unspecified atom stereocenters. The lowest BCUT2D eigenvalue weighted by atomic mass is 10.0. The third-order valence-electron chi connectivity index (χ3n) is 4.42. The van der Waals surface area contributed by atoms with E-state index < -0.39 is 17.5 Å². The van der Waals surface area contributed by atoms with Crippen LogP contribution in [0.1, 0.15) is 56.7 Å². The molecule has 0 saturated carbocycles. The Morgan fingerprint density at radius 1 is 1.00 bits per heavy atom. The van der Waals surface area contributed by atoms with Crippen molar-refractivity contribution in [2.75, 3.05) is 11.1 Å². The highest BCUT2D eigenvalue weighted by Gasteiger charge is 2.23. The second kappa shape index (κ2) is 10.1. The SMILES string of the molecule is CC(C)(C)OC(=O)c1cccc(CNC(=O)c2ccc(Cl)s2)c1NC(=O)c1ccc(N)cc1. The summed E-state index contributed by atoms with van der Waals surface area (Å²) in [4.78, 5) is 38.7. The first kappa shape index (κ1) is 24.3. The molecule has 0 bridgehead atoms. The fraction of sp³-hybridized carbons (Fsp3) is 0.208. The van der Waals surface area contributed by atoms with E-state index in [1.807, 2.05) is 0 Å². The number of nitrogen functional groups attached to an aromatic ring is 1. The van der Waals surface area contributed by atoms with Gasteiger partial charge in [0.25, 0.3) is 11.8 Å². The van der Waals surface area contributed by atoms with E-state index >= 15 is 0 Å². The maximum atomic E-state index is 12.9. The molecule has 172 valence electrons. The third-order valence-corrected chi connectivity index (χ3v) is 5.65. The molecule has 9 heteroatoms. The van der Waals surface area contributed by atoms with E-state index in [1.165, 1.54) is 0 Å². The van der Waals surface area contributed by atoms with Crippen molar-refractivity contribution in [3.8, 4) is 0 Å². The second-order valence-corrected chi connectivity index (χ2v) is 9.92. The molecule has 33 heavy (non-hydrogen) atoms. The molecule has 0 radical (unpaired) electrons. The summed E-state index contributed by atoms with van der Waals surface area (Å²) in [5.41, 5.74) is 6.85. The molecule has 7 nitrogen and oxygen atoms in total. The molecule has 2 aromatic carbocycles. The lowest BCUT2D eigenvalue weighted by Crippen LogP contribution is -2.27. The Kier molecular flexibility index (Phi) is 7.40. The zero-order valence-electron chi connectivity index (χ0n) is 18.4. The van der Waals surface area contributed by atoms with E-state index in [0.29, 0.717) is 26.0 Å². The summed E-state index contributed by atoms with van der Waals surface area (Å²) in [5, 5.41) is 5.60. The van der Waals surface area contributed by atoms with Crippen LogP contribution >= 0.6 is 22.9 Å². The number of thiophene rings is 1. The van der Waals surface area contributed by atoms with Gasteiger partial charge in [-0.3, -0.25) is 9.59 Å². The minimum atomic E-state index is -0.724. The standard InChI is InChI=1S/C24H24ClN3O4S/c1-24(2,3)32-23(31)17-6-4-5-15(13-27-22(30)18-11-12-19(25)33-18)20(17)28-21(29)14-7-9-16(26)10-8-14/h4-12H,13,26H2,1-3H3,(H,27,30)(H,28,29). The van der Waals surface area contributed by atoms with E-state index in [0.717, 1.165) is 11.3 Å². The maximum Gasteiger partial charge on any atom is 0.340 e. The van der Waals surface area contributed by atoms with E-state index in [2.05, 4.69) is 10.6 Å². The number of nitrogens with one attached hydrogen (secondary N) is 2. The maximum absolute atomic E-state index is 12.9. The number of carbonyl (C=O) groups is 3. The number of amides is 2. The van der Waals surface area contributed by atoms with Gasteiger partial charge in [-0.15, -0.1) is 11.3 Å². The first-order chi connectivity index (χ1) is 15.5. The Balaban J connectivity index is 1.91. The van der Waals surface area contributed by atoms with Gasteiger partial charge in [-0.05, 0) is 68.8 Å². The van der Waals surface area contributed by atoms with Crippen molar-refractivity contribution in [3.05, 3.63) is 80.5 Å². The monoisotopic (exact) mass is 485 g/mol. The van der Waals surface area contributed by atoms with Crippen LogP contribution in [-0.2, 0) is 11.3 Å². The summed E-state index contributed by atoms with van der Waals surface area (Å²) < 4.78 is 6.02. The van der Waals surface area contributed by atoms with Gasteiger partial charge >= 0.3 is 5.97 Å². The fourth-order valence-corrected chi connectivity index (χ4v) is 3.88. The summed E-state index contributed by atoms with van der Waals surface area (Å²) in [6, 6.07) is 14.6. The Morgan fingerprint density at radius 2 is 1.70 bits per heavy atom. The zero-order valence-corrected chi connectivity index (χ0v) is 20.0. The van der Waals surface area contributed by atoms with Gasteiger partial charge in [-0.25, -0.2) is 4.79 Å². The van der Waals surface area contributed by atoms with Crippen molar-refractivity contribution in [3.63, 3.8) is 0 Å². The minimum Gasteiger partial charge on any atom is -0.456 e. The molecular weight excluding hydrogens is 462 g/mol. The molecule has 1 aromatic heterocycles. The van der Waals surface area contributed by atoms with Crippen LogP contribution in [0, 0.1) is 0 Å². The summed E-state index contributed by atoms with van der Waals surface area (Å²) in [6.07, 6.45) is 0. The molecule has 2 amide bonds. The number of nitrogens with two attached hydrogens (primary N) is 1. The van der Waals surface area contributed by atoms with Crippen molar-refractivity contribution in [1.29, 1.82) is 0 Å². The number of anilines is 2. The quantitative estimate of drug-likeness (QED) is 0.331. The van der Waals surface area contributed by atoms with Crippen molar-refractivity contribution in [2.24, 2.45) is 0 Å². The van der Waals surface area contributed by atoms with E-state index in [-0.39, 0.29) is 23.7 Å². The summed E-state index contributed by atoms with van der Waals surface area (Å²) >= 11 is 7.07. The molecule has 0 saturated heterocycles. The van der Waals surface area contributed by atoms with Crippen LogP contribution in [-0.4, -0.2) is 23.4 Å². The highest BCUT2D eigenvalue weighted by atomic mass is 35.5. The van der Waals surface area contributed by atoms with Crippen LogP contribution in [0.4, 0.5) is 11.4 Å². The van der Waals surface area contributed by atoms with Crippen molar-refractivity contribution >= 4 is 52.1 Å². The molecule has 0 atom stereocenters. The predicted octanol–water partition coefficient (Wildman–Crippen LogP) is 5.12. The van der Waals surface area contributed by atoms with E-state index in [1.54, 1.807) is 75.4 Å². The third kappa shape index (κ3) is 6.57. The van der Waals surface area contributed by atoms with Gasteiger partial charge in [-0.2, -0.15) is 0 Å². The van der Waals surface area contributed by atoms with Crippen molar-refractivity contribution < 1.29 is 19.1 Å². The second-order valence-electron chi connectivity index (χ2n) is 8.20. The van der Waals surface area contributed by atoms with Crippen LogP contribution in [0.3, 0.4) is 0 Å². The largest absolute Gasteiger partial charge is 0.456 e. The van der Waals surface area contributed by atoms with Gasteiger partial charge in [0.05, 0.1) is 20.5 Å². The molecular formula is C24H24ClN3O4S. The van der Waals surface area contributed by atoms with Gasteiger partial charge in [0, 0.05) is 17.8 Å². The van der Waals surface area contributed by atoms with Gasteiger partial charge in [0.15, 0.2) is 0 Å². The number of benzene rings is 2. The van der Waals surface area contributed by atoms with Gasteiger partial charge < -0.3 is 21.1 Å². The average molecular weight is 486 g/mol. The number of carbonyl (C=O) groups excluding carboxylic acids is 3. The first-order valence-corrected chi connectivity index (χ1v) is 11.3. The molecule has 0 fully saturated rings. The van der Waals surface area contributed by atoms with Gasteiger partial charge in [-0.1, -0.05) is 23.7 Å². The average Bonchev–Trinajstić information content (AvgIpc) is 3.18. The van der Waals surface area contributed by atoms with Crippen molar-refractivity contribution in [1.82, 2.24) is 5.32 Å². The smallest absolute Gasteiger partial charge is 0.340 e. The number of para-hydroxylation sites is 1. The number of halogens is 1. The minimum absolute atomic E-state index is 0.0718. The molecule has 3 rings (SSSR count). The van der Waals surface area contributed by atoms with E-state index in [9.17, 15) is 14.4 Å². The van der Waals surface area contributed by atoms with E-state index in [4.69, 9.17) is 22.1 Å². The fourth-order valence-electron chi connectivity index (χ4n) is 2.92. The highest BCUT2D eigenvalue weighted by Crippen LogP contribution is 2.26. The van der Waals surface area contributed by atoms with Crippen LogP contribution < -0.4 is 16.4 Å². The molecule has 1 heterocycles. The van der Waals surface area contributed by atoms with Gasteiger partial charge in [0.1, 0.15) is 5.60 Å². The van der Waals surface area contributed by atoms with Gasteiger partial charge in [0.2, 0.25) is 0 Å². The topological polar surface area (TPSA) is 111 Å². The first-order valence-electron chi connectivity index (χ1n) is 10.1. The number of rotatable bonds is 6. The molecule has 0 aliphatic rings. The zero-order chi connectivity index (χ0) is 24.2.